The summed E-state index contributed by atoms with van der Waals surface area (Å²) in [5.41, 5.74) is 2.09. The van der Waals surface area contributed by atoms with Crippen molar-refractivity contribution in [2.45, 2.75) is 0 Å². The molecule has 0 radical (unpaired) electrons. The van der Waals surface area contributed by atoms with Crippen LogP contribution in [0.25, 0.3) is 29.0 Å². The molecular formula is C22H15N5O4. The van der Waals surface area contributed by atoms with Gasteiger partial charge in [0.05, 0.1) is 16.2 Å². The zero-order chi connectivity index (χ0) is 21.6. The molecule has 0 atom stereocenters. The van der Waals surface area contributed by atoms with Crippen molar-refractivity contribution in [3.63, 3.8) is 0 Å². The fraction of sp³-hybridized carbons (Fsp3) is 0. The SMILES string of the molecule is O=C(/C=C/c1cccc([N+](=O)[O-])c1)Nc1ccccc1-c1nc(-c2ccccn2)no1. The molecule has 0 aliphatic carbocycles. The predicted molar refractivity (Wildman–Crippen MR) is 114 cm³/mol. The number of rotatable bonds is 6. The van der Waals surface area contributed by atoms with Gasteiger partial charge < -0.3 is 9.84 Å². The lowest BCUT2D eigenvalue weighted by Gasteiger charge is -2.06. The zero-order valence-corrected chi connectivity index (χ0v) is 16.0. The molecule has 1 amide bonds. The number of amides is 1. The fourth-order valence-electron chi connectivity index (χ4n) is 2.80. The molecular weight excluding hydrogens is 398 g/mol. The average Bonchev–Trinajstić information content (AvgIpc) is 3.29. The highest BCUT2D eigenvalue weighted by Gasteiger charge is 2.15. The first-order chi connectivity index (χ1) is 15.1. The fourth-order valence-corrected chi connectivity index (χ4v) is 2.80. The second-order valence-corrected chi connectivity index (χ2v) is 6.36. The lowest BCUT2D eigenvalue weighted by molar-refractivity contribution is -0.384. The van der Waals surface area contributed by atoms with Gasteiger partial charge in [-0.3, -0.25) is 19.9 Å². The molecule has 9 nitrogen and oxygen atoms in total. The van der Waals surface area contributed by atoms with Gasteiger partial charge in [-0.1, -0.05) is 35.5 Å². The van der Waals surface area contributed by atoms with E-state index in [2.05, 4.69) is 20.4 Å². The minimum atomic E-state index is -0.489. The summed E-state index contributed by atoms with van der Waals surface area (Å²) in [5, 5.41) is 17.6. The Kier molecular flexibility index (Phi) is 5.57. The number of pyridine rings is 1. The van der Waals surface area contributed by atoms with Gasteiger partial charge in [0.1, 0.15) is 5.69 Å². The van der Waals surface area contributed by atoms with Gasteiger partial charge in [-0.15, -0.1) is 0 Å². The molecule has 152 valence electrons. The Morgan fingerprint density at radius 1 is 1.06 bits per heavy atom. The molecule has 4 rings (SSSR count). The number of nitro groups is 1. The van der Waals surface area contributed by atoms with Crippen LogP contribution in [0.4, 0.5) is 11.4 Å². The maximum Gasteiger partial charge on any atom is 0.270 e. The number of nitrogens with zero attached hydrogens (tertiary/aromatic N) is 4. The van der Waals surface area contributed by atoms with Crippen LogP contribution in [0.1, 0.15) is 5.56 Å². The summed E-state index contributed by atoms with van der Waals surface area (Å²) in [4.78, 5) is 31.3. The summed E-state index contributed by atoms with van der Waals surface area (Å²) >= 11 is 0. The van der Waals surface area contributed by atoms with Crippen LogP contribution < -0.4 is 5.32 Å². The van der Waals surface area contributed by atoms with Gasteiger partial charge in [0.25, 0.3) is 11.6 Å². The molecule has 0 saturated carbocycles. The van der Waals surface area contributed by atoms with E-state index in [1.165, 1.54) is 24.3 Å². The topological polar surface area (TPSA) is 124 Å². The third kappa shape index (κ3) is 4.67. The number of hydrogen-bond donors (Lipinski definition) is 1. The predicted octanol–water partition coefficient (Wildman–Crippen LogP) is 4.36. The minimum absolute atomic E-state index is 0.0481. The third-order valence-corrected chi connectivity index (χ3v) is 4.24. The highest BCUT2D eigenvalue weighted by atomic mass is 16.6. The first-order valence-electron chi connectivity index (χ1n) is 9.18. The van der Waals surface area contributed by atoms with E-state index in [9.17, 15) is 14.9 Å². The Hall–Kier alpha value is -4.66. The van der Waals surface area contributed by atoms with Crippen molar-refractivity contribution in [3.8, 4) is 23.0 Å². The largest absolute Gasteiger partial charge is 0.333 e. The number of carbonyl (C=O) groups excluding carboxylic acids is 1. The third-order valence-electron chi connectivity index (χ3n) is 4.24. The second-order valence-electron chi connectivity index (χ2n) is 6.36. The van der Waals surface area contributed by atoms with E-state index in [0.717, 1.165) is 0 Å². The molecule has 0 unspecified atom stereocenters. The smallest absolute Gasteiger partial charge is 0.270 e. The molecule has 31 heavy (non-hydrogen) atoms. The molecule has 0 bridgehead atoms. The molecule has 0 aliphatic rings. The number of carbonyl (C=O) groups is 1. The lowest BCUT2D eigenvalue weighted by atomic mass is 10.1. The number of anilines is 1. The monoisotopic (exact) mass is 413 g/mol. The zero-order valence-electron chi connectivity index (χ0n) is 16.0. The molecule has 0 fully saturated rings. The van der Waals surface area contributed by atoms with E-state index in [0.29, 0.717) is 28.3 Å². The van der Waals surface area contributed by atoms with Gasteiger partial charge in [0.15, 0.2) is 0 Å². The molecule has 1 N–H and O–H groups in total. The van der Waals surface area contributed by atoms with Crippen molar-refractivity contribution in [2.24, 2.45) is 0 Å². The minimum Gasteiger partial charge on any atom is -0.333 e. The Bertz CT molecular complexity index is 1270. The normalized spacial score (nSPS) is 10.8. The van der Waals surface area contributed by atoms with Crippen LogP contribution in [0.5, 0.6) is 0 Å². The molecule has 0 saturated heterocycles. The summed E-state index contributed by atoms with van der Waals surface area (Å²) in [6.07, 6.45) is 4.42. The van der Waals surface area contributed by atoms with Crippen LogP contribution >= 0.6 is 0 Å². The van der Waals surface area contributed by atoms with E-state index in [4.69, 9.17) is 4.52 Å². The van der Waals surface area contributed by atoms with Gasteiger partial charge in [0.2, 0.25) is 11.7 Å². The maximum atomic E-state index is 12.4. The van der Waals surface area contributed by atoms with Crippen molar-refractivity contribution in [2.75, 3.05) is 5.32 Å². The van der Waals surface area contributed by atoms with Crippen molar-refractivity contribution in [1.82, 2.24) is 15.1 Å². The number of nitro benzene ring substituents is 1. The first-order valence-corrected chi connectivity index (χ1v) is 9.18. The Morgan fingerprint density at radius 2 is 1.90 bits per heavy atom. The highest BCUT2D eigenvalue weighted by molar-refractivity contribution is 6.03. The summed E-state index contributed by atoms with van der Waals surface area (Å²) in [6, 6.07) is 18.4. The number of non-ortho nitro benzene ring substituents is 1. The van der Waals surface area contributed by atoms with Gasteiger partial charge in [0, 0.05) is 24.4 Å². The Labute approximate surface area is 176 Å². The average molecular weight is 413 g/mol. The van der Waals surface area contributed by atoms with Crippen LogP contribution in [-0.2, 0) is 4.79 Å². The molecule has 2 aromatic heterocycles. The summed E-state index contributed by atoms with van der Waals surface area (Å²) < 4.78 is 5.36. The number of para-hydroxylation sites is 1. The number of aromatic nitrogens is 3. The second kappa shape index (κ2) is 8.78. The Morgan fingerprint density at radius 3 is 2.71 bits per heavy atom. The van der Waals surface area contributed by atoms with Gasteiger partial charge in [-0.25, -0.2) is 0 Å². The van der Waals surface area contributed by atoms with E-state index in [1.54, 1.807) is 54.7 Å². The van der Waals surface area contributed by atoms with Crippen molar-refractivity contribution >= 4 is 23.4 Å². The molecule has 9 heteroatoms. The van der Waals surface area contributed by atoms with Gasteiger partial charge in [-0.05, 0) is 35.9 Å². The highest BCUT2D eigenvalue weighted by Crippen LogP contribution is 2.28. The van der Waals surface area contributed by atoms with E-state index in [1.807, 2.05) is 6.07 Å². The first kappa shape index (κ1) is 19.6. The molecule has 2 heterocycles. The van der Waals surface area contributed by atoms with E-state index in [-0.39, 0.29) is 11.6 Å². The molecule has 0 aliphatic heterocycles. The van der Waals surface area contributed by atoms with Crippen LogP contribution in [0.3, 0.4) is 0 Å². The number of benzene rings is 2. The van der Waals surface area contributed by atoms with Gasteiger partial charge >= 0.3 is 0 Å². The van der Waals surface area contributed by atoms with Crippen LogP contribution in [0, 0.1) is 10.1 Å². The van der Waals surface area contributed by atoms with Crippen LogP contribution in [-0.4, -0.2) is 26.0 Å². The standard InChI is InChI=1S/C22H15N5O4/c28-20(12-11-15-6-5-7-16(14-15)27(29)30)24-18-9-2-1-8-17(18)22-25-21(26-31-22)19-10-3-4-13-23-19/h1-14H,(H,24,28)/b12-11+. The van der Waals surface area contributed by atoms with Crippen molar-refractivity contribution < 1.29 is 14.2 Å². The summed E-state index contributed by atoms with van der Waals surface area (Å²) in [7, 11) is 0. The summed E-state index contributed by atoms with van der Waals surface area (Å²) in [6.45, 7) is 0. The van der Waals surface area contributed by atoms with Crippen LogP contribution in [0.15, 0.2) is 83.5 Å². The summed E-state index contributed by atoms with van der Waals surface area (Å²) in [5.74, 6) is 0.157. The van der Waals surface area contributed by atoms with Crippen LogP contribution in [0.2, 0.25) is 0 Å². The quantitative estimate of drug-likeness (QED) is 0.283. The molecule has 4 aromatic rings. The number of nitrogens with one attached hydrogen (secondary N) is 1. The van der Waals surface area contributed by atoms with Crippen molar-refractivity contribution in [1.29, 1.82) is 0 Å². The molecule has 0 spiro atoms. The number of hydrogen-bond acceptors (Lipinski definition) is 7. The van der Waals surface area contributed by atoms with Crippen molar-refractivity contribution in [3.05, 3.63) is 94.7 Å². The lowest BCUT2D eigenvalue weighted by Crippen LogP contribution is -2.08. The molecule has 2 aromatic carbocycles. The van der Waals surface area contributed by atoms with Gasteiger partial charge in [-0.2, -0.15) is 4.98 Å². The Balaban J connectivity index is 1.53. The maximum absolute atomic E-state index is 12.4. The van der Waals surface area contributed by atoms with E-state index >= 15 is 0 Å². The van der Waals surface area contributed by atoms with E-state index < -0.39 is 10.8 Å².